The Balaban J connectivity index is 1.56. The first-order valence-electron chi connectivity index (χ1n) is 12.1. The van der Waals surface area contributed by atoms with E-state index in [1.807, 2.05) is 54.6 Å². The number of aromatic nitrogens is 1. The van der Waals surface area contributed by atoms with Crippen molar-refractivity contribution in [2.75, 3.05) is 23.0 Å². The number of hydrogen-bond acceptors (Lipinski definition) is 7. The van der Waals surface area contributed by atoms with Gasteiger partial charge in [0.1, 0.15) is 4.70 Å². The largest absolute Gasteiger partial charge is 0.335 e. The minimum Gasteiger partial charge on any atom is -0.335 e. The van der Waals surface area contributed by atoms with E-state index in [2.05, 4.69) is 9.47 Å². The van der Waals surface area contributed by atoms with E-state index in [4.69, 9.17) is 32.3 Å². The molecular formula is C25H27Cl2N2O6S4+. The number of thioether (sulfide) groups is 1. The molecule has 1 aliphatic heterocycles. The number of halogens is 2. The summed E-state index contributed by atoms with van der Waals surface area (Å²) >= 11 is 15.7. The summed E-state index contributed by atoms with van der Waals surface area (Å²) < 4.78 is 65.6. The van der Waals surface area contributed by atoms with Gasteiger partial charge in [0.05, 0.1) is 22.2 Å². The Labute approximate surface area is 246 Å². The van der Waals surface area contributed by atoms with E-state index in [-0.39, 0.29) is 11.5 Å². The minimum absolute atomic E-state index is 0.282. The average molecular weight is 651 g/mol. The first kappa shape index (κ1) is 30.3. The molecule has 8 nitrogen and oxygen atoms in total. The first-order valence-corrected chi connectivity index (χ1v) is 17.7. The second-order valence-electron chi connectivity index (χ2n) is 8.92. The van der Waals surface area contributed by atoms with Gasteiger partial charge in [-0.2, -0.15) is 21.4 Å². The molecule has 2 N–H and O–H groups in total. The van der Waals surface area contributed by atoms with Crippen molar-refractivity contribution < 1.29 is 30.5 Å². The lowest BCUT2D eigenvalue weighted by atomic mass is 10.2. The molecule has 0 radical (unpaired) electrons. The monoisotopic (exact) mass is 649 g/mol. The molecule has 0 amide bonds. The lowest BCUT2D eigenvalue weighted by Crippen LogP contribution is -2.35. The van der Waals surface area contributed by atoms with Gasteiger partial charge in [0.15, 0.2) is 6.54 Å². The minimum atomic E-state index is -4.00. The Bertz CT molecular complexity index is 1640. The van der Waals surface area contributed by atoms with Crippen molar-refractivity contribution in [3.63, 3.8) is 0 Å². The molecule has 0 bridgehead atoms. The molecule has 0 saturated carbocycles. The van der Waals surface area contributed by atoms with Crippen LogP contribution in [0, 0.1) is 0 Å². The summed E-state index contributed by atoms with van der Waals surface area (Å²) in [5.74, 6) is -0.564. The molecule has 0 spiro atoms. The predicted molar refractivity (Wildman–Crippen MR) is 160 cm³/mol. The van der Waals surface area contributed by atoms with Crippen LogP contribution in [-0.2, 0) is 26.8 Å². The van der Waals surface area contributed by atoms with Crippen LogP contribution in [-0.4, -0.2) is 44.0 Å². The molecular weight excluding hydrogens is 623 g/mol. The van der Waals surface area contributed by atoms with Crippen LogP contribution in [0.4, 0.5) is 5.69 Å². The summed E-state index contributed by atoms with van der Waals surface area (Å²) in [5, 5.41) is 3.12. The van der Waals surface area contributed by atoms with Crippen LogP contribution in [0.2, 0.25) is 10.0 Å². The van der Waals surface area contributed by atoms with Gasteiger partial charge in [0.2, 0.25) is 5.52 Å². The van der Waals surface area contributed by atoms with Gasteiger partial charge in [-0.25, -0.2) is 0 Å². The van der Waals surface area contributed by atoms with E-state index in [0.717, 1.165) is 30.8 Å². The zero-order chi connectivity index (χ0) is 28.2. The zero-order valence-electron chi connectivity index (χ0n) is 20.7. The van der Waals surface area contributed by atoms with Crippen LogP contribution in [0.5, 0.6) is 0 Å². The molecule has 0 saturated heterocycles. The van der Waals surface area contributed by atoms with Gasteiger partial charge < -0.3 is 4.90 Å². The third kappa shape index (κ3) is 8.67. The zero-order valence-corrected chi connectivity index (χ0v) is 25.4. The normalized spacial score (nSPS) is 15.2. The van der Waals surface area contributed by atoms with Gasteiger partial charge in [0.25, 0.3) is 25.2 Å². The topological polar surface area (TPSA) is 116 Å². The average Bonchev–Trinajstić information content (AvgIpc) is 3.35. The van der Waals surface area contributed by atoms with Crippen LogP contribution >= 0.6 is 46.3 Å². The molecule has 0 atom stereocenters. The van der Waals surface area contributed by atoms with Gasteiger partial charge in [-0.15, -0.1) is 0 Å². The number of aryl methyl sites for hydroxylation is 1. The van der Waals surface area contributed by atoms with Crippen LogP contribution in [0.3, 0.4) is 0 Å². The van der Waals surface area contributed by atoms with E-state index in [9.17, 15) is 16.8 Å². The fourth-order valence-electron chi connectivity index (χ4n) is 4.18. The SMILES string of the molecule is O=S(=O)(O)CCCCN1C(=CC=Cc2sc3ccc(Cl)cc3[n+]2CCCCS(=O)(=O)O)Sc2ccc(Cl)cc21. The third-order valence-corrected chi connectivity index (χ3v) is 10.3. The highest BCUT2D eigenvalue weighted by Gasteiger charge is 2.25. The van der Waals surface area contributed by atoms with Gasteiger partial charge in [-0.05, 0) is 55.7 Å². The third-order valence-electron chi connectivity index (χ3n) is 5.93. The molecule has 1 aromatic heterocycles. The van der Waals surface area contributed by atoms with Crippen molar-refractivity contribution in [3.05, 3.63) is 68.6 Å². The highest BCUT2D eigenvalue weighted by atomic mass is 35.5. The standard InChI is InChI=1S/C25H26Cl2N2O6S4/c26-18-8-10-22-20(16-18)28(12-1-3-14-38(30,31)32)24(36-22)6-5-7-25-29(13-2-4-15-39(33,34)35)21-17-19(27)9-11-23(21)37-25/h5-11,16-17H,1-4,12-15H2,(H-,30,31,32,33,34,35)/p+1. The van der Waals surface area contributed by atoms with Crippen molar-refractivity contribution in [1.29, 1.82) is 0 Å². The molecule has 4 rings (SSSR count). The number of fused-ring (bicyclic) bond motifs is 2. The maximum absolute atomic E-state index is 11.1. The van der Waals surface area contributed by atoms with E-state index >= 15 is 0 Å². The maximum Gasteiger partial charge on any atom is 0.264 e. The number of thiazole rings is 1. The molecule has 210 valence electrons. The summed E-state index contributed by atoms with van der Waals surface area (Å²) in [5.41, 5.74) is 1.90. The fourth-order valence-corrected chi connectivity index (χ4v) is 7.81. The molecule has 2 aromatic carbocycles. The molecule has 3 aromatic rings. The Kier molecular flexibility index (Phi) is 10.0. The number of hydrogen-bond donors (Lipinski definition) is 2. The fraction of sp³-hybridized carbons (Fsp3) is 0.320. The van der Waals surface area contributed by atoms with Crippen molar-refractivity contribution in [1.82, 2.24) is 0 Å². The van der Waals surface area contributed by atoms with Crippen LogP contribution < -0.4 is 9.47 Å². The lowest BCUT2D eigenvalue weighted by Gasteiger charge is -2.20. The van der Waals surface area contributed by atoms with Crippen molar-refractivity contribution in [2.24, 2.45) is 0 Å². The molecule has 0 unspecified atom stereocenters. The predicted octanol–water partition coefficient (Wildman–Crippen LogP) is 6.30. The summed E-state index contributed by atoms with van der Waals surface area (Å²) in [6.45, 7) is 1.12. The second kappa shape index (κ2) is 12.9. The first-order chi connectivity index (χ1) is 18.4. The number of allylic oxidation sites excluding steroid dienone is 2. The molecule has 1 aliphatic rings. The highest BCUT2D eigenvalue weighted by molar-refractivity contribution is 8.03. The number of benzene rings is 2. The number of rotatable bonds is 12. The summed E-state index contributed by atoms with van der Waals surface area (Å²) in [7, 11) is -8.00. The smallest absolute Gasteiger partial charge is 0.264 e. The Hall–Kier alpha value is -1.64. The highest BCUT2D eigenvalue weighted by Crippen LogP contribution is 2.47. The van der Waals surface area contributed by atoms with Gasteiger partial charge >= 0.3 is 0 Å². The van der Waals surface area contributed by atoms with Crippen molar-refractivity contribution in [3.8, 4) is 0 Å². The Morgan fingerprint density at radius 3 is 2.28 bits per heavy atom. The maximum atomic E-state index is 11.1. The van der Waals surface area contributed by atoms with Gasteiger partial charge in [-0.1, -0.05) is 52.4 Å². The van der Waals surface area contributed by atoms with E-state index in [1.165, 1.54) is 0 Å². The molecule has 0 fully saturated rings. The van der Waals surface area contributed by atoms with E-state index in [1.54, 1.807) is 23.1 Å². The second-order valence-corrected chi connectivity index (χ2v) is 15.1. The van der Waals surface area contributed by atoms with Gasteiger partial charge in [-0.3, -0.25) is 9.11 Å². The summed E-state index contributed by atoms with van der Waals surface area (Å²) in [4.78, 5) is 3.13. The molecule has 0 aliphatic carbocycles. The molecule has 39 heavy (non-hydrogen) atoms. The Morgan fingerprint density at radius 2 is 1.56 bits per heavy atom. The quantitative estimate of drug-likeness (QED) is 0.133. The van der Waals surface area contributed by atoms with Crippen LogP contribution in [0.25, 0.3) is 16.3 Å². The van der Waals surface area contributed by atoms with Crippen LogP contribution in [0.1, 0.15) is 30.7 Å². The summed E-state index contributed by atoms with van der Waals surface area (Å²) in [6.07, 6.45) is 7.72. The molecule has 2 heterocycles. The van der Waals surface area contributed by atoms with Crippen molar-refractivity contribution >= 4 is 88.5 Å². The number of anilines is 1. The van der Waals surface area contributed by atoms with Gasteiger partial charge in [0, 0.05) is 40.0 Å². The van der Waals surface area contributed by atoms with E-state index in [0.29, 0.717) is 48.8 Å². The van der Waals surface area contributed by atoms with Crippen molar-refractivity contribution in [2.45, 2.75) is 37.1 Å². The number of nitrogens with zero attached hydrogens (tertiary/aromatic N) is 2. The van der Waals surface area contributed by atoms with Crippen LogP contribution in [0.15, 0.2) is 58.5 Å². The molecule has 14 heteroatoms. The lowest BCUT2D eigenvalue weighted by molar-refractivity contribution is -0.669. The Morgan fingerprint density at radius 1 is 0.897 bits per heavy atom. The number of unbranched alkanes of at least 4 members (excludes halogenated alkanes) is 2. The summed E-state index contributed by atoms with van der Waals surface area (Å²) in [6, 6.07) is 11.3. The van der Waals surface area contributed by atoms with E-state index < -0.39 is 20.2 Å².